The first-order valence-electron chi connectivity index (χ1n) is 5.93. The number of fused-ring (bicyclic) bond motifs is 3. The Morgan fingerprint density at radius 1 is 1.12 bits per heavy atom. The second kappa shape index (κ2) is 4.52. The van der Waals surface area contributed by atoms with Crippen molar-refractivity contribution in [2.24, 2.45) is 0 Å². The number of para-hydroxylation sites is 1. The molecule has 0 atom stereocenters. The molecule has 16 heavy (non-hydrogen) atoms. The average molecular weight is 215 g/mol. The monoisotopic (exact) mass is 215 g/mol. The highest BCUT2D eigenvalue weighted by Gasteiger charge is 2.17. The zero-order valence-electron chi connectivity index (χ0n) is 9.86. The van der Waals surface area contributed by atoms with Gasteiger partial charge >= 0.3 is 0 Å². The molecule has 1 aromatic carbocycles. The average Bonchev–Trinajstić information content (AvgIpc) is 2.70. The Morgan fingerprint density at radius 2 is 1.88 bits per heavy atom. The van der Waals surface area contributed by atoms with Crippen molar-refractivity contribution in [3.05, 3.63) is 36.0 Å². The van der Waals surface area contributed by atoms with Crippen molar-refractivity contribution < 1.29 is 4.79 Å². The Kier molecular flexibility index (Phi) is 3.09. The second-order valence-electron chi connectivity index (χ2n) is 3.82. The van der Waals surface area contributed by atoms with Crippen molar-refractivity contribution in [1.29, 1.82) is 0 Å². The van der Waals surface area contributed by atoms with Gasteiger partial charge in [-0.3, -0.25) is 4.79 Å². The smallest absolute Gasteiger partial charge is 0.152 e. The number of ketones is 1. The molecule has 84 valence electrons. The van der Waals surface area contributed by atoms with E-state index in [2.05, 4.69) is 22.8 Å². The Balaban J connectivity index is 0.000000457. The summed E-state index contributed by atoms with van der Waals surface area (Å²) in [7, 11) is 0. The van der Waals surface area contributed by atoms with Crippen molar-refractivity contribution in [1.82, 2.24) is 4.57 Å². The molecule has 2 heterocycles. The SMILES string of the molecule is CC.O=C1CCc2cc3ccccc3n2C1. The standard InChI is InChI=1S/C12H11NO.C2H6/c14-11-6-5-10-7-9-3-1-2-4-12(9)13(10)8-11;1-2/h1-4,7H,5-6,8H2;1-2H3. The number of hydrogen-bond donors (Lipinski definition) is 0. The molecular weight excluding hydrogens is 198 g/mol. The summed E-state index contributed by atoms with van der Waals surface area (Å²) in [5, 5.41) is 1.25. The molecule has 0 aliphatic carbocycles. The summed E-state index contributed by atoms with van der Waals surface area (Å²) in [6, 6.07) is 10.4. The Morgan fingerprint density at radius 3 is 2.69 bits per heavy atom. The summed E-state index contributed by atoms with van der Waals surface area (Å²) >= 11 is 0. The number of aromatic nitrogens is 1. The molecule has 1 aliphatic heterocycles. The van der Waals surface area contributed by atoms with Crippen LogP contribution in [0.15, 0.2) is 30.3 Å². The topological polar surface area (TPSA) is 22.0 Å². The lowest BCUT2D eigenvalue weighted by molar-refractivity contribution is -0.120. The van der Waals surface area contributed by atoms with Crippen LogP contribution in [0.4, 0.5) is 0 Å². The lowest BCUT2D eigenvalue weighted by Gasteiger charge is -2.14. The van der Waals surface area contributed by atoms with E-state index in [-0.39, 0.29) is 0 Å². The lowest BCUT2D eigenvalue weighted by atomic mass is 10.1. The molecule has 2 aromatic rings. The van der Waals surface area contributed by atoms with Crippen LogP contribution in [0.2, 0.25) is 0 Å². The molecule has 3 rings (SSSR count). The van der Waals surface area contributed by atoms with Gasteiger partial charge in [0.25, 0.3) is 0 Å². The van der Waals surface area contributed by atoms with Crippen LogP contribution in [0, 0.1) is 0 Å². The Hall–Kier alpha value is -1.57. The molecule has 0 fully saturated rings. The molecular formula is C14H17NO. The van der Waals surface area contributed by atoms with E-state index < -0.39 is 0 Å². The van der Waals surface area contributed by atoms with Gasteiger partial charge in [-0.2, -0.15) is 0 Å². The van der Waals surface area contributed by atoms with E-state index in [0.717, 1.165) is 6.42 Å². The Bertz CT molecular complexity index is 510. The van der Waals surface area contributed by atoms with Crippen molar-refractivity contribution in [2.75, 3.05) is 0 Å². The highest BCUT2D eigenvalue weighted by Crippen LogP contribution is 2.23. The van der Waals surface area contributed by atoms with Gasteiger partial charge in [-0.15, -0.1) is 0 Å². The minimum Gasteiger partial charge on any atom is -0.337 e. The van der Waals surface area contributed by atoms with Crippen LogP contribution in [-0.4, -0.2) is 10.4 Å². The second-order valence-corrected chi connectivity index (χ2v) is 3.82. The number of nitrogens with zero attached hydrogens (tertiary/aromatic N) is 1. The van der Waals surface area contributed by atoms with Crippen molar-refractivity contribution >= 4 is 16.7 Å². The first-order valence-corrected chi connectivity index (χ1v) is 5.93. The number of hydrogen-bond acceptors (Lipinski definition) is 1. The number of benzene rings is 1. The van der Waals surface area contributed by atoms with Gasteiger partial charge < -0.3 is 4.57 Å². The van der Waals surface area contributed by atoms with Crippen LogP contribution in [0.25, 0.3) is 10.9 Å². The molecule has 1 aliphatic rings. The van der Waals surface area contributed by atoms with E-state index in [1.807, 2.05) is 26.0 Å². The molecule has 0 radical (unpaired) electrons. The molecule has 0 N–H and O–H groups in total. The van der Waals surface area contributed by atoms with Gasteiger partial charge in [-0.1, -0.05) is 32.0 Å². The third-order valence-electron chi connectivity index (χ3n) is 2.89. The quantitative estimate of drug-likeness (QED) is 0.661. The van der Waals surface area contributed by atoms with Crippen LogP contribution in [0.3, 0.4) is 0 Å². The predicted octanol–water partition coefficient (Wildman–Crippen LogP) is 3.18. The molecule has 1 aromatic heterocycles. The molecule has 0 spiro atoms. The fourth-order valence-electron chi connectivity index (χ4n) is 2.18. The van der Waals surface area contributed by atoms with Crippen LogP contribution >= 0.6 is 0 Å². The fraction of sp³-hybridized carbons (Fsp3) is 0.357. The number of carbonyl (C=O) groups excluding carboxylic acids is 1. The zero-order valence-corrected chi connectivity index (χ0v) is 9.86. The van der Waals surface area contributed by atoms with Crippen LogP contribution < -0.4 is 0 Å². The third kappa shape index (κ3) is 1.75. The summed E-state index contributed by atoms with van der Waals surface area (Å²) in [5.74, 6) is 0.346. The molecule has 0 unspecified atom stereocenters. The van der Waals surface area contributed by atoms with E-state index in [9.17, 15) is 4.79 Å². The molecule has 0 amide bonds. The third-order valence-corrected chi connectivity index (χ3v) is 2.89. The molecule has 2 nitrogen and oxygen atoms in total. The zero-order chi connectivity index (χ0) is 11.5. The first kappa shape index (κ1) is 10.9. The molecule has 0 bridgehead atoms. The van der Waals surface area contributed by atoms with Crippen molar-refractivity contribution in [2.45, 2.75) is 33.2 Å². The lowest BCUT2D eigenvalue weighted by Crippen LogP contribution is -2.18. The summed E-state index contributed by atoms with van der Waals surface area (Å²) in [6.45, 7) is 4.56. The van der Waals surface area contributed by atoms with Gasteiger partial charge in [0, 0.05) is 17.6 Å². The normalized spacial score (nSPS) is 14.2. The number of rotatable bonds is 0. The summed E-state index contributed by atoms with van der Waals surface area (Å²) < 4.78 is 2.14. The maximum absolute atomic E-state index is 11.3. The van der Waals surface area contributed by atoms with Gasteiger partial charge in [0.1, 0.15) is 0 Å². The maximum atomic E-state index is 11.3. The molecule has 0 saturated carbocycles. The summed E-state index contributed by atoms with van der Waals surface area (Å²) in [5.41, 5.74) is 2.49. The van der Waals surface area contributed by atoms with Gasteiger partial charge in [0.15, 0.2) is 5.78 Å². The minimum absolute atomic E-state index is 0.346. The van der Waals surface area contributed by atoms with Crippen LogP contribution in [0.1, 0.15) is 26.0 Å². The number of aryl methyl sites for hydroxylation is 1. The Labute approximate surface area is 95.9 Å². The largest absolute Gasteiger partial charge is 0.337 e. The number of carbonyl (C=O) groups is 1. The van der Waals surface area contributed by atoms with Gasteiger partial charge in [0.05, 0.1) is 6.54 Å². The van der Waals surface area contributed by atoms with E-state index in [1.165, 1.54) is 16.6 Å². The minimum atomic E-state index is 0.346. The first-order chi connectivity index (χ1) is 7.84. The van der Waals surface area contributed by atoms with E-state index in [1.54, 1.807) is 0 Å². The molecule has 2 heteroatoms. The van der Waals surface area contributed by atoms with Crippen molar-refractivity contribution in [3.63, 3.8) is 0 Å². The van der Waals surface area contributed by atoms with E-state index in [4.69, 9.17) is 0 Å². The predicted molar refractivity (Wildman–Crippen MR) is 66.6 cm³/mol. The van der Waals surface area contributed by atoms with E-state index in [0.29, 0.717) is 18.7 Å². The van der Waals surface area contributed by atoms with E-state index >= 15 is 0 Å². The highest BCUT2D eigenvalue weighted by atomic mass is 16.1. The van der Waals surface area contributed by atoms with Crippen LogP contribution in [0.5, 0.6) is 0 Å². The highest BCUT2D eigenvalue weighted by molar-refractivity contribution is 5.86. The van der Waals surface area contributed by atoms with Crippen LogP contribution in [-0.2, 0) is 17.8 Å². The van der Waals surface area contributed by atoms with Gasteiger partial charge in [-0.25, -0.2) is 0 Å². The van der Waals surface area contributed by atoms with Crippen molar-refractivity contribution in [3.8, 4) is 0 Å². The van der Waals surface area contributed by atoms with Gasteiger partial charge in [-0.05, 0) is 23.9 Å². The van der Waals surface area contributed by atoms with Gasteiger partial charge in [0.2, 0.25) is 0 Å². The fourth-order valence-corrected chi connectivity index (χ4v) is 2.18. The summed E-state index contributed by atoms with van der Waals surface area (Å²) in [6.07, 6.45) is 1.60. The maximum Gasteiger partial charge on any atom is 0.152 e. The molecule has 0 saturated heterocycles. The number of Topliss-reactive ketones (excluding diaryl/α,β-unsaturated/α-hetero) is 1. The summed E-state index contributed by atoms with van der Waals surface area (Å²) in [4.78, 5) is 11.3.